The molecule has 0 atom stereocenters. The summed E-state index contributed by atoms with van der Waals surface area (Å²) in [6, 6.07) is 0. The van der Waals surface area contributed by atoms with Gasteiger partial charge in [-0.05, 0) is 12.8 Å². The van der Waals surface area contributed by atoms with Gasteiger partial charge in [0.1, 0.15) is 12.2 Å². The summed E-state index contributed by atoms with van der Waals surface area (Å²) in [5.41, 5.74) is 7.35. The molecule has 0 saturated carbocycles. The number of nitrogens with zero attached hydrogens (tertiary/aromatic N) is 3. The van der Waals surface area contributed by atoms with Crippen molar-refractivity contribution >= 4 is 17.6 Å². The summed E-state index contributed by atoms with van der Waals surface area (Å²) in [5.74, 6) is -0.757. The van der Waals surface area contributed by atoms with Crippen LogP contribution in [0.25, 0.3) is 0 Å². The second kappa shape index (κ2) is 6.93. The van der Waals surface area contributed by atoms with E-state index in [0.717, 1.165) is 6.42 Å². The average molecular weight is 282 g/mol. The fourth-order valence-electron chi connectivity index (χ4n) is 2.00. The topological polar surface area (TPSA) is 90.4 Å². The van der Waals surface area contributed by atoms with Crippen LogP contribution in [0.5, 0.6) is 0 Å². The molecule has 1 aromatic heterocycles. The Morgan fingerprint density at radius 2 is 2.05 bits per heavy atom. The van der Waals surface area contributed by atoms with E-state index in [0.29, 0.717) is 30.0 Å². The number of hydrogen-bond donors (Lipinski definition) is 1. The zero-order valence-corrected chi connectivity index (χ0v) is 12.5. The fourth-order valence-corrected chi connectivity index (χ4v) is 2.00. The Morgan fingerprint density at radius 3 is 2.50 bits per heavy atom. The fraction of sp³-hybridized carbons (Fsp3) is 0.615. The molecule has 0 aromatic carbocycles. The van der Waals surface area contributed by atoms with Crippen molar-refractivity contribution in [3.63, 3.8) is 0 Å². The summed E-state index contributed by atoms with van der Waals surface area (Å²) in [6.45, 7) is 4.22. The Hall–Kier alpha value is -2.05. The standard InChI is InChI=1S/C13H22N4O3/c1-5-7-17(8-10(18)20-4)13(19)12-11(14)9(6-2)15-16(12)3/h5-8,14H2,1-4H3. The lowest BCUT2D eigenvalue weighted by molar-refractivity contribution is -0.141. The number of amides is 1. The summed E-state index contributed by atoms with van der Waals surface area (Å²) in [5, 5.41) is 4.22. The van der Waals surface area contributed by atoms with Crippen LogP contribution in [-0.4, -0.2) is 46.8 Å². The van der Waals surface area contributed by atoms with Crippen molar-refractivity contribution in [2.24, 2.45) is 7.05 Å². The lowest BCUT2D eigenvalue weighted by Gasteiger charge is -2.21. The molecule has 7 heteroatoms. The molecule has 0 radical (unpaired) electrons. The zero-order chi connectivity index (χ0) is 15.3. The molecule has 0 unspecified atom stereocenters. The van der Waals surface area contributed by atoms with E-state index >= 15 is 0 Å². The molecule has 2 N–H and O–H groups in total. The first-order valence-electron chi connectivity index (χ1n) is 6.63. The molecule has 20 heavy (non-hydrogen) atoms. The number of aromatic nitrogens is 2. The predicted octanol–water partition coefficient (Wildman–Crippen LogP) is 0.590. The van der Waals surface area contributed by atoms with Crippen LogP contribution in [0.3, 0.4) is 0 Å². The highest BCUT2D eigenvalue weighted by molar-refractivity contribution is 5.99. The van der Waals surface area contributed by atoms with E-state index in [1.807, 2.05) is 13.8 Å². The number of rotatable bonds is 6. The van der Waals surface area contributed by atoms with Crippen LogP contribution < -0.4 is 5.73 Å². The summed E-state index contributed by atoms with van der Waals surface area (Å²) < 4.78 is 6.08. The first-order valence-corrected chi connectivity index (χ1v) is 6.63. The van der Waals surface area contributed by atoms with E-state index in [2.05, 4.69) is 9.84 Å². The van der Waals surface area contributed by atoms with Gasteiger partial charge >= 0.3 is 5.97 Å². The van der Waals surface area contributed by atoms with Gasteiger partial charge in [0, 0.05) is 13.6 Å². The molecule has 1 aromatic rings. The number of nitrogen functional groups attached to an aromatic ring is 1. The number of hydrogen-bond acceptors (Lipinski definition) is 5. The molecule has 7 nitrogen and oxygen atoms in total. The first-order chi connectivity index (χ1) is 9.46. The number of carbonyl (C=O) groups is 2. The number of nitrogens with two attached hydrogens (primary N) is 1. The number of aryl methyl sites for hydroxylation is 2. The van der Waals surface area contributed by atoms with Crippen molar-refractivity contribution < 1.29 is 14.3 Å². The van der Waals surface area contributed by atoms with Crippen LogP contribution in [0.15, 0.2) is 0 Å². The maximum absolute atomic E-state index is 12.5. The van der Waals surface area contributed by atoms with Gasteiger partial charge < -0.3 is 15.4 Å². The van der Waals surface area contributed by atoms with Crippen molar-refractivity contribution in [3.05, 3.63) is 11.4 Å². The molecule has 0 bridgehead atoms. The number of anilines is 1. The maximum Gasteiger partial charge on any atom is 0.325 e. The molecule has 0 aliphatic rings. The van der Waals surface area contributed by atoms with Gasteiger partial charge in [0.15, 0.2) is 0 Å². The summed E-state index contributed by atoms with van der Waals surface area (Å²) >= 11 is 0. The Kier molecular flexibility index (Phi) is 5.54. The third-order valence-corrected chi connectivity index (χ3v) is 3.03. The Balaban J connectivity index is 3.06. The van der Waals surface area contributed by atoms with Crippen LogP contribution in [0.1, 0.15) is 36.5 Å². The van der Waals surface area contributed by atoms with Crippen molar-refractivity contribution in [2.45, 2.75) is 26.7 Å². The number of methoxy groups -OCH3 is 1. The van der Waals surface area contributed by atoms with E-state index in [1.165, 1.54) is 16.7 Å². The molecule has 112 valence electrons. The van der Waals surface area contributed by atoms with Gasteiger partial charge in [0.25, 0.3) is 5.91 Å². The van der Waals surface area contributed by atoms with Crippen LogP contribution >= 0.6 is 0 Å². The molecule has 0 aliphatic carbocycles. The predicted molar refractivity (Wildman–Crippen MR) is 75.2 cm³/mol. The molecule has 1 heterocycles. The van der Waals surface area contributed by atoms with Gasteiger partial charge in [-0.2, -0.15) is 5.10 Å². The molecule has 0 aliphatic heterocycles. The van der Waals surface area contributed by atoms with Crippen LogP contribution in [0, 0.1) is 0 Å². The highest BCUT2D eigenvalue weighted by Gasteiger charge is 2.25. The van der Waals surface area contributed by atoms with Crippen molar-refractivity contribution in [1.29, 1.82) is 0 Å². The summed E-state index contributed by atoms with van der Waals surface area (Å²) in [4.78, 5) is 25.4. The number of ether oxygens (including phenoxy) is 1. The Bertz CT molecular complexity index is 496. The lowest BCUT2D eigenvalue weighted by Crippen LogP contribution is -2.38. The van der Waals surface area contributed by atoms with Gasteiger partial charge in [0.05, 0.1) is 18.5 Å². The van der Waals surface area contributed by atoms with Crippen molar-refractivity contribution in [3.8, 4) is 0 Å². The normalized spacial score (nSPS) is 10.4. The summed E-state index contributed by atoms with van der Waals surface area (Å²) in [6.07, 6.45) is 1.39. The second-order valence-electron chi connectivity index (χ2n) is 4.49. The van der Waals surface area contributed by atoms with Crippen LogP contribution in [-0.2, 0) is 23.0 Å². The van der Waals surface area contributed by atoms with Crippen LogP contribution in [0.4, 0.5) is 5.69 Å². The highest BCUT2D eigenvalue weighted by Crippen LogP contribution is 2.19. The quantitative estimate of drug-likeness (QED) is 0.771. The van der Waals surface area contributed by atoms with E-state index in [-0.39, 0.29) is 12.5 Å². The van der Waals surface area contributed by atoms with Crippen LogP contribution in [0.2, 0.25) is 0 Å². The van der Waals surface area contributed by atoms with Gasteiger partial charge in [-0.3, -0.25) is 14.3 Å². The minimum Gasteiger partial charge on any atom is -0.468 e. The minimum absolute atomic E-state index is 0.0880. The Morgan fingerprint density at radius 1 is 1.40 bits per heavy atom. The first kappa shape index (κ1) is 16.0. The average Bonchev–Trinajstić information content (AvgIpc) is 2.71. The molecule has 0 saturated heterocycles. The molecule has 0 spiro atoms. The summed E-state index contributed by atoms with van der Waals surface area (Å²) in [7, 11) is 2.97. The molecule has 1 amide bonds. The Labute approximate surface area is 118 Å². The maximum atomic E-state index is 12.5. The molecular formula is C13H22N4O3. The zero-order valence-electron chi connectivity index (χ0n) is 12.5. The lowest BCUT2D eigenvalue weighted by atomic mass is 10.2. The second-order valence-corrected chi connectivity index (χ2v) is 4.49. The molecule has 0 fully saturated rings. The largest absolute Gasteiger partial charge is 0.468 e. The SMILES string of the molecule is CCCN(CC(=O)OC)C(=O)c1c(N)c(CC)nn1C. The van der Waals surface area contributed by atoms with Gasteiger partial charge in [-0.1, -0.05) is 13.8 Å². The minimum atomic E-state index is -0.455. The van der Waals surface area contributed by atoms with E-state index in [4.69, 9.17) is 5.73 Å². The van der Waals surface area contributed by atoms with Gasteiger partial charge in [-0.15, -0.1) is 0 Å². The van der Waals surface area contributed by atoms with Crippen molar-refractivity contribution in [2.75, 3.05) is 25.9 Å². The van der Waals surface area contributed by atoms with Gasteiger partial charge in [0.2, 0.25) is 0 Å². The van der Waals surface area contributed by atoms with E-state index < -0.39 is 5.97 Å². The third kappa shape index (κ3) is 3.28. The molecular weight excluding hydrogens is 260 g/mol. The number of esters is 1. The third-order valence-electron chi connectivity index (χ3n) is 3.03. The van der Waals surface area contributed by atoms with Gasteiger partial charge in [-0.25, -0.2) is 0 Å². The number of carbonyl (C=O) groups excluding carboxylic acids is 2. The highest BCUT2D eigenvalue weighted by atomic mass is 16.5. The van der Waals surface area contributed by atoms with E-state index in [1.54, 1.807) is 7.05 Å². The molecule has 1 rings (SSSR count). The van der Waals surface area contributed by atoms with Crippen molar-refractivity contribution in [1.82, 2.24) is 14.7 Å². The monoisotopic (exact) mass is 282 g/mol. The smallest absolute Gasteiger partial charge is 0.325 e. The van der Waals surface area contributed by atoms with E-state index in [9.17, 15) is 9.59 Å².